The fourth-order valence-electron chi connectivity index (χ4n) is 3.46. The van der Waals surface area contributed by atoms with E-state index in [9.17, 15) is 0 Å². The van der Waals surface area contributed by atoms with Crippen molar-refractivity contribution in [3.05, 3.63) is 81.9 Å². The largest absolute Gasteiger partial charge is 0.487 e. The highest BCUT2D eigenvalue weighted by atomic mass is 35.5. The lowest BCUT2D eigenvalue weighted by Crippen LogP contribution is -2.17. The standard InChI is InChI=1S/C26H29Cl2N5O2/c1-5-21-25(26(28)32-15-31-21)23(29-4)14-35-24-13-19(8-6-16(24)2)33-17(3)18-7-9-22(20(27)12-18)30-10-11-34/h6-9,12-13,15,30,33-34H,3,5,10-11,14H2,1-2,4H3. The van der Waals surface area contributed by atoms with Crippen LogP contribution in [-0.2, 0) is 6.42 Å². The first kappa shape index (κ1) is 26.5. The zero-order valence-corrected chi connectivity index (χ0v) is 21.5. The maximum atomic E-state index is 8.99. The van der Waals surface area contributed by atoms with Gasteiger partial charge in [0.1, 0.15) is 23.8 Å². The van der Waals surface area contributed by atoms with Gasteiger partial charge in [-0.05, 0) is 42.7 Å². The minimum atomic E-state index is 0.0295. The number of halogens is 2. The molecule has 0 spiro atoms. The van der Waals surface area contributed by atoms with Gasteiger partial charge in [0.05, 0.1) is 34.3 Å². The normalized spacial score (nSPS) is 11.3. The fourth-order valence-corrected chi connectivity index (χ4v) is 3.97. The van der Waals surface area contributed by atoms with E-state index in [0.717, 1.165) is 28.2 Å². The molecule has 0 aliphatic carbocycles. The van der Waals surface area contributed by atoms with Crippen molar-refractivity contribution >= 4 is 46.0 Å². The molecule has 0 saturated heterocycles. The smallest absolute Gasteiger partial charge is 0.141 e. The Morgan fingerprint density at radius 1 is 1.17 bits per heavy atom. The number of nitrogens with zero attached hydrogens (tertiary/aromatic N) is 3. The molecule has 7 nitrogen and oxygen atoms in total. The summed E-state index contributed by atoms with van der Waals surface area (Å²) in [4.78, 5) is 12.8. The Morgan fingerprint density at radius 3 is 2.66 bits per heavy atom. The van der Waals surface area contributed by atoms with Crippen molar-refractivity contribution in [2.45, 2.75) is 20.3 Å². The van der Waals surface area contributed by atoms with Crippen LogP contribution in [0.15, 0.2) is 54.3 Å². The van der Waals surface area contributed by atoms with E-state index >= 15 is 0 Å². The molecule has 0 aliphatic heterocycles. The molecule has 0 aliphatic rings. The van der Waals surface area contributed by atoms with E-state index in [1.807, 2.05) is 50.2 Å². The fraction of sp³-hybridized carbons (Fsp3) is 0.269. The molecule has 1 heterocycles. The van der Waals surface area contributed by atoms with Crippen LogP contribution >= 0.6 is 23.2 Å². The predicted octanol–water partition coefficient (Wildman–Crippen LogP) is 5.64. The molecule has 35 heavy (non-hydrogen) atoms. The molecule has 2 aromatic carbocycles. The summed E-state index contributed by atoms with van der Waals surface area (Å²) in [5, 5.41) is 16.3. The van der Waals surface area contributed by atoms with Gasteiger partial charge in [-0.1, -0.05) is 48.8 Å². The Hall–Kier alpha value is -3.13. The van der Waals surface area contributed by atoms with Crippen LogP contribution in [0, 0.1) is 6.92 Å². The van der Waals surface area contributed by atoms with Gasteiger partial charge in [-0.2, -0.15) is 0 Å². The molecule has 0 unspecified atom stereocenters. The molecule has 9 heteroatoms. The van der Waals surface area contributed by atoms with Crippen molar-refractivity contribution in [2.75, 3.05) is 37.4 Å². The van der Waals surface area contributed by atoms with Gasteiger partial charge in [0.25, 0.3) is 0 Å². The number of benzene rings is 2. The summed E-state index contributed by atoms with van der Waals surface area (Å²) in [5.41, 5.74) is 6.31. The molecule has 3 N–H and O–H groups in total. The first-order chi connectivity index (χ1) is 16.9. The van der Waals surface area contributed by atoms with Gasteiger partial charge < -0.3 is 20.5 Å². The van der Waals surface area contributed by atoms with Crippen LogP contribution in [0.5, 0.6) is 5.75 Å². The van der Waals surface area contributed by atoms with E-state index in [-0.39, 0.29) is 13.2 Å². The second-order valence-electron chi connectivity index (χ2n) is 7.73. The minimum absolute atomic E-state index is 0.0295. The Kier molecular flexibility index (Phi) is 9.48. The van der Waals surface area contributed by atoms with Gasteiger partial charge in [0.15, 0.2) is 0 Å². The zero-order chi connectivity index (χ0) is 25.4. The lowest BCUT2D eigenvalue weighted by Gasteiger charge is -2.16. The van der Waals surface area contributed by atoms with E-state index in [1.54, 1.807) is 7.05 Å². The molecule has 3 rings (SSSR count). The van der Waals surface area contributed by atoms with Crippen LogP contribution in [0.2, 0.25) is 10.2 Å². The molecule has 0 fully saturated rings. The Morgan fingerprint density at radius 2 is 1.97 bits per heavy atom. The molecular weight excluding hydrogens is 485 g/mol. The van der Waals surface area contributed by atoms with Crippen LogP contribution in [0.1, 0.15) is 29.3 Å². The minimum Gasteiger partial charge on any atom is -0.487 e. The van der Waals surface area contributed by atoms with Gasteiger partial charge in [-0.15, -0.1) is 0 Å². The van der Waals surface area contributed by atoms with Gasteiger partial charge in [0.2, 0.25) is 0 Å². The van der Waals surface area contributed by atoms with E-state index < -0.39 is 0 Å². The molecule has 0 saturated carbocycles. The summed E-state index contributed by atoms with van der Waals surface area (Å²) in [6.45, 7) is 8.81. The second kappa shape index (κ2) is 12.5. The summed E-state index contributed by atoms with van der Waals surface area (Å²) in [5.74, 6) is 0.705. The third-order valence-electron chi connectivity index (χ3n) is 5.37. The topological polar surface area (TPSA) is 91.7 Å². The molecule has 184 valence electrons. The highest BCUT2D eigenvalue weighted by Gasteiger charge is 2.16. The van der Waals surface area contributed by atoms with Crippen LogP contribution in [0.3, 0.4) is 0 Å². The van der Waals surface area contributed by atoms with Gasteiger partial charge in [0, 0.05) is 31.0 Å². The second-order valence-corrected chi connectivity index (χ2v) is 8.49. The Bertz CT molecular complexity index is 1230. The summed E-state index contributed by atoms with van der Waals surface area (Å²) in [6, 6.07) is 11.4. The number of hydrogen-bond acceptors (Lipinski definition) is 7. The lowest BCUT2D eigenvalue weighted by molar-refractivity contribution is 0.311. The van der Waals surface area contributed by atoms with Gasteiger partial charge in [-0.3, -0.25) is 4.99 Å². The monoisotopic (exact) mass is 513 g/mol. The summed E-state index contributed by atoms with van der Waals surface area (Å²) >= 11 is 12.7. The van der Waals surface area contributed by atoms with Crippen molar-refractivity contribution in [1.82, 2.24) is 9.97 Å². The molecule has 1 aromatic heterocycles. The van der Waals surface area contributed by atoms with Crippen molar-refractivity contribution < 1.29 is 9.84 Å². The van der Waals surface area contributed by atoms with E-state index in [2.05, 4.69) is 32.2 Å². The third-order valence-corrected chi connectivity index (χ3v) is 5.96. The number of nitrogens with one attached hydrogen (secondary N) is 2. The maximum absolute atomic E-state index is 8.99. The zero-order valence-electron chi connectivity index (χ0n) is 20.0. The molecule has 3 aromatic rings. The molecule has 0 bridgehead atoms. The van der Waals surface area contributed by atoms with Gasteiger partial charge >= 0.3 is 0 Å². The predicted molar refractivity (Wildman–Crippen MR) is 145 cm³/mol. The van der Waals surface area contributed by atoms with E-state index in [0.29, 0.717) is 45.9 Å². The number of hydrogen-bond donors (Lipinski definition) is 3. The average molecular weight is 514 g/mol. The number of aryl methyl sites for hydroxylation is 2. The third kappa shape index (κ3) is 6.72. The van der Waals surface area contributed by atoms with Crippen molar-refractivity contribution in [3.63, 3.8) is 0 Å². The number of aliphatic imine (C=N–C) groups is 1. The van der Waals surface area contributed by atoms with Crippen LogP contribution in [0.4, 0.5) is 11.4 Å². The molecule has 0 amide bonds. The summed E-state index contributed by atoms with van der Waals surface area (Å²) in [6.07, 6.45) is 2.16. The summed E-state index contributed by atoms with van der Waals surface area (Å²) < 4.78 is 6.13. The number of aliphatic hydroxyl groups excluding tert-OH is 1. The molecular formula is C26H29Cl2N5O2. The summed E-state index contributed by atoms with van der Waals surface area (Å²) in [7, 11) is 1.70. The van der Waals surface area contributed by atoms with Crippen LogP contribution in [0.25, 0.3) is 5.70 Å². The number of aliphatic hydroxyl groups is 1. The first-order valence-corrected chi connectivity index (χ1v) is 11.9. The van der Waals surface area contributed by atoms with E-state index in [1.165, 1.54) is 6.33 Å². The molecule has 0 radical (unpaired) electrons. The first-order valence-electron chi connectivity index (χ1n) is 11.2. The number of rotatable bonds is 11. The Balaban J connectivity index is 1.73. The van der Waals surface area contributed by atoms with Crippen LogP contribution < -0.4 is 15.4 Å². The number of aromatic nitrogens is 2. The van der Waals surface area contributed by atoms with Crippen molar-refractivity contribution in [1.29, 1.82) is 0 Å². The molecule has 0 atom stereocenters. The average Bonchev–Trinajstić information content (AvgIpc) is 2.85. The highest BCUT2D eigenvalue weighted by molar-refractivity contribution is 6.33. The Labute approximate surface area is 215 Å². The quantitative estimate of drug-likeness (QED) is 0.227. The maximum Gasteiger partial charge on any atom is 0.141 e. The SMILES string of the molecule is C=C(Nc1ccc(C)c(OCC(=NC)c2c(Cl)ncnc2CC)c1)c1ccc(NCCO)c(Cl)c1. The highest BCUT2D eigenvalue weighted by Crippen LogP contribution is 2.29. The van der Waals surface area contributed by atoms with Crippen LogP contribution in [-0.4, -0.2) is 47.6 Å². The van der Waals surface area contributed by atoms with Crippen molar-refractivity contribution in [3.8, 4) is 5.75 Å². The van der Waals surface area contributed by atoms with Crippen molar-refractivity contribution in [2.24, 2.45) is 4.99 Å². The van der Waals surface area contributed by atoms with Gasteiger partial charge in [-0.25, -0.2) is 9.97 Å². The number of ether oxygens (including phenoxy) is 1. The number of anilines is 2. The lowest BCUT2D eigenvalue weighted by atomic mass is 10.1. The van der Waals surface area contributed by atoms with E-state index in [4.69, 9.17) is 33.0 Å².